The number of amides is 4. The SMILES string of the molecule is COc1ccc2c(c1)C(=O)N(C[C@@]1(CC3=C(Cl)CC=CC=C3)NC(=O)NC1=O)C2. The molecule has 2 heterocycles. The predicted molar refractivity (Wildman–Crippen MR) is 108 cm³/mol. The van der Waals surface area contributed by atoms with Gasteiger partial charge in [-0.15, -0.1) is 0 Å². The zero-order valence-corrected chi connectivity index (χ0v) is 16.6. The van der Waals surface area contributed by atoms with Gasteiger partial charge in [0.25, 0.3) is 11.8 Å². The van der Waals surface area contributed by atoms with E-state index in [4.69, 9.17) is 16.3 Å². The number of methoxy groups -OCH3 is 1. The molecule has 4 amide bonds. The van der Waals surface area contributed by atoms with Crippen LogP contribution in [-0.2, 0) is 11.3 Å². The van der Waals surface area contributed by atoms with Gasteiger partial charge in [-0.1, -0.05) is 42.0 Å². The van der Waals surface area contributed by atoms with Gasteiger partial charge >= 0.3 is 6.03 Å². The van der Waals surface area contributed by atoms with Crippen LogP contribution in [0.25, 0.3) is 0 Å². The smallest absolute Gasteiger partial charge is 0.322 e. The lowest BCUT2D eigenvalue weighted by Crippen LogP contribution is -2.55. The second kappa shape index (κ2) is 7.40. The fourth-order valence-electron chi connectivity index (χ4n) is 3.86. The molecule has 1 aliphatic carbocycles. The van der Waals surface area contributed by atoms with Gasteiger partial charge in [0, 0.05) is 30.0 Å². The van der Waals surface area contributed by atoms with E-state index in [1.54, 1.807) is 24.1 Å². The molecule has 0 unspecified atom stereocenters. The largest absolute Gasteiger partial charge is 0.497 e. The van der Waals surface area contributed by atoms with Crippen molar-refractivity contribution in [3.05, 3.63) is 64.2 Å². The highest BCUT2D eigenvalue weighted by molar-refractivity contribution is 6.30. The first kappa shape index (κ1) is 19.3. The number of fused-ring (bicyclic) bond motifs is 1. The average Bonchev–Trinajstić information content (AvgIpc) is 3.05. The van der Waals surface area contributed by atoms with Gasteiger partial charge in [-0.25, -0.2) is 4.79 Å². The van der Waals surface area contributed by atoms with Gasteiger partial charge in [0.05, 0.1) is 13.7 Å². The Morgan fingerprint density at radius 2 is 2.07 bits per heavy atom. The lowest BCUT2D eigenvalue weighted by molar-refractivity contribution is -0.124. The number of nitrogens with one attached hydrogen (secondary N) is 2. The number of rotatable bonds is 5. The number of ether oxygens (including phenoxy) is 1. The molecule has 29 heavy (non-hydrogen) atoms. The minimum absolute atomic E-state index is 0.0370. The maximum absolute atomic E-state index is 13.0. The summed E-state index contributed by atoms with van der Waals surface area (Å²) in [6.07, 6.45) is 8.20. The topological polar surface area (TPSA) is 87.7 Å². The summed E-state index contributed by atoms with van der Waals surface area (Å²) < 4.78 is 5.21. The third-order valence-electron chi connectivity index (χ3n) is 5.35. The second-order valence-corrected chi connectivity index (χ2v) is 7.73. The van der Waals surface area contributed by atoms with Gasteiger partial charge in [0.2, 0.25) is 0 Å². The normalized spacial score (nSPS) is 23.2. The molecule has 150 valence electrons. The third-order valence-corrected chi connectivity index (χ3v) is 5.75. The number of benzene rings is 1. The van der Waals surface area contributed by atoms with E-state index in [1.165, 1.54) is 0 Å². The van der Waals surface area contributed by atoms with E-state index in [-0.39, 0.29) is 18.9 Å². The van der Waals surface area contributed by atoms with Crippen LogP contribution in [0.1, 0.15) is 28.8 Å². The first-order valence-corrected chi connectivity index (χ1v) is 9.60. The first-order valence-electron chi connectivity index (χ1n) is 9.22. The maximum atomic E-state index is 13.0. The average molecular weight is 414 g/mol. The van der Waals surface area contributed by atoms with E-state index < -0.39 is 17.5 Å². The van der Waals surface area contributed by atoms with Crippen LogP contribution in [0.5, 0.6) is 5.75 Å². The molecule has 1 aromatic carbocycles. The number of allylic oxidation sites excluding steroid dienone is 5. The van der Waals surface area contributed by atoms with Crippen LogP contribution in [0.2, 0.25) is 0 Å². The number of carbonyl (C=O) groups is 3. The second-order valence-electron chi connectivity index (χ2n) is 7.27. The molecule has 0 spiro atoms. The summed E-state index contributed by atoms with van der Waals surface area (Å²) in [7, 11) is 1.54. The molecule has 0 saturated carbocycles. The summed E-state index contributed by atoms with van der Waals surface area (Å²) in [4.78, 5) is 39.3. The Morgan fingerprint density at radius 1 is 1.24 bits per heavy atom. The van der Waals surface area contributed by atoms with Crippen molar-refractivity contribution in [2.75, 3.05) is 13.7 Å². The Labute approximate surface area is 173 Å². The van der Waals surface area contributed by atoms with Crippen molar-refractivity contribution in [3.8, 4) is 5.75 Å². The fraction of sp³-hybridized carbons (Fsp3) is 0.286. The summed E-state index contributed by atoms with van der Waals surface area (Å²) in [6, 6.07) is 4.75. The van der Waals surface area contributed by atoms with Crippen molar-refractivity contribution in [1.29, 1.82) is 0 Å². The number of imide groups is 1. The summed E-state index contributed by atoms with van der Waals surface area (Å²) in [5, 5.41) is 5.64. The standard InChI is InChI=1S/C21H20ClN3O4/c1-29-15-8-7-14-11-25(18(26)16(14)9-15)12-21(19(27)23-20(28)24-21)10-13-5-3-2-4-6-17(13)22/h2-5,7-9H,6,10-12H2,1H3,(H2,23,24,27,28)/t21-/m1/s1. The van der Waals surface area contributed by atoms with Crippen LogP contribution in [0, 0.1) is 0 Å². The number of nitrogens with zero attached hydrogens (tertiary/aromatic N) is 1. The Hall–Kier alpha value is -3.06. The van der Waals surface area contributed by atoms with Crippen LogP contribution < -0.4 is 15.4 Å². The molecule has 1 atom stereocenters. The molecule has 2 aliphatic heterocycles. The number of urea groups is 1. The quantitative estimate of drug-likeness (QED) is 0.726. The number of carbonyl (C=O) groups excluding carboxylic acids is 3. The molecule has 4 rings (SSSR count). The van der Waals surface area contributed by atoms with E-state index in [0.717, 1.165) is 11.1 Å². The Kier molecular flexibility index (Phi) is 4.92. The van der Waals surface area contributed by atoms with Crippen LogP contribution >= 0.6 is 11.6 Å². The molecule has 8 heteroatoms. The molecule has 7 nitrogen and oxygen atoms in total. The molecule has 1 fully saturated rings. The summed E-state index contributed by atoms with van der Waals surface area (Å²) in [6.45, 7) is 0.391. The Morgan fingerprint density at radius 3 is 2.79 bits per heavy atom. The molecular formula is C21H20ClN3O4. The minimum atomic E-state index is -1.29. The predicted octanol–water partition coefficient (Wildman–Crippen LogP) is 2.63. The minimum Gasteiger partial charge on any atom is -0.497 e. The van der Waals surface area contributed by atoms with Gasteiger partial charge in [0.15, 0.2) is 0 Å². The van der Waals surface area contributed by atoms with Crippen LogP contribution in [0.4, 0.5) is 4.79 Å². The van der Waals surface area contributed by atoms with Crippen molar-refractivity contribution < 1.29 is 19.1 Å². The zero-order valence-electron chi connectivity index (χ0n) is 15.8. The lowest BCUT2D eigenvalue weighted by Gasteiger charge is -2.31. The summed E-state index contributed by atoms with van der Waals surface area (Å²) >= 11 is 6.40. The molecule has 0 aromatic heterocycles. The van der Waals surface area contributed by atoms with E-state index in [2.05, 4.69) is 10.6 Å². The van der Waals surface area contributed by atoms with E-state index in [1.807, 2.05) is 30.4 Å². The Balaban J connectivity index is 1.63. The van der Waals surface area contributed by atoms with E-state index in [9.17, 15) is 14.4 Å². The molecular weight excluding hydrogens is 394 g/mol. The molecule has 0 bridgehead atoms. The highest BCUT2D eigenvalue weighted by Crippen LogP contribution is 2.32. The summed E-state index contributed by atoms with van der Waals surface area (Å²) in [5.41, 5.74) is 0.856. The molecule has 1 saturated heterocycles. The van der Waals surface area contributed by atoms with Crippen LogP contribution in [0.3, 0.4) is 0 Å². The summed E-state index contributed by atoms with van der Waals surface area (Å²) in [5.74, 6) is -0.0783. The highest BCUT2D eigenvalue weighted by atomic mass is 35.5. The van der Waals surface area contributed by atoms with Crippen molar-refractivity contribution in [2.45, 2.75) is 24.9 Å². The number of hydrogen-bond acceptors (Lipinski definition) is 4. The van der Waals surface area contributed by atoms with Crippen molar-refractivity contribution in [1.82, 2.24) is 15.5 Å². The highest BCUT2D eigenvalue weighted by Gasteiger charge is 2.49. The van der Waals surface area contributed by atoms with Crippen molar-refractivity contribution in [3.63, 3.8) is 0 Å². The fourth-order valence-corrected chi connectivity index (χ4v) is 4.08. The molecule has 0 radical (unpaired) electrons. The van der Waals surface area contributed by atoms with Gasteiger partial charge in [0.1, 0.15) is 11.3 Å². The maximum Gasteiger partial charge on any atom is 0.322 e. The van der Waals surface area contributed by atoms with Crippen LogP contribution in [0.15, 0.2) is 53.1 Å². The van der Waals surface area contributed by atoms with Gasteiger partial charge in [-0.05, 0) is 23.3 Å². The van der Waals surface area contributed by atoms with Gasteiger partial charge in [-0.3, -0.25) is 14.9 Å². The van der Waals surface area contributed by atoms with Crippen molar-refractivity contribution >= 4 is 29.4 Å². The van der Waals surface area contributed by atoms with Crippen molar-refractivity contribution in [2.24, 2.45) is 0 Å². The van der Waals surface area contributed by atoms with Gasteiger partial charge in [-0.2, -0.15) is 0 Å². The zero-order chi connectivity index (χ0) is 20.6. The molecule has 1 aromatic rings. The van der Waals surface area contributed by atoms with Crippen LogP contribution in [-0.4, -0.2) is 41.9 Å². The first-order chi connectivity index (χ1) is 13.9. The number of hydrogen-bond donors (Lipinski definition) is 2. The number of halogens is 1. The van der Waals surface area contributed by atoms with E-state index in [0.29, 0.717) is 29.3 Å². The monoisotopic (exact) mass is 413 g/mol. The van der Waals surface area contributed by atoms with E-state index >= 15 is 0 Å². The Bertz CT molecular complexity index is 998. The molecule has 3 aliphatic rings. The lowest BCUT2D eigenvalue weighted by atomic mass is 9.89. The molecule has 2 N–H and O–H groups in total. The third kappa shape index (κ3) is 3.53. The van der Waals surface area contributed by atoms with Gasteiger partial charge < -0.3 is 15.0 Å².